The molecule has 8 heteroatoms. The van der Waals surface area contributed by atoms with Crippen molar-refractivity contribution >= 4 is 11.3 Å². The van der Waals surface area contributed by atoms with E-state index >= 15 is 0 Å². The third kappa shape index (κ3) is 3.46. The van der Waals surface area contributed by atoms with Crippen LogP contribution in [0.1, 0.15) is 16.7 Å². The summed E-state index contributed by atoms with van der Waals surface area (Å²) in [6.07, 6.45) is 1.72. The Morgan fingerprint density at radius 1 is 1.10 bits per heavy atom. The van der Waals surface area contributed by atoms with E-state index in [4.69, 9.17) is 0 Å². The van der Waals surface area contributed by atoms with Crippen LogP contribution in [-0.4, -0.2) is 9.55 Å². The van der Waals surface area contributed by atoms with E-state index < -0.39 is 17.6 Å². The SMILES string of the molecule is C=C1C(C#N)=CN(Cc2ccc(C(F)(F)F)cc2)c2cc(-n3ccnc3)c(F)cc21. The Kier molecular flexibility index (Phi) is 4.66. The quantitative estimate of drug-likeness (QED) is 0.538. The number of halogens is 4. The summed E-state index contributed by atoms with van der Waals surface area (Å²) >= 11 is 0. The molecule has 0 amide bonds. The van der Waals surface area contributed by atoms with Gasteiger partial charge in [0.25, 0.3) is 0 Å². The number of fused-ring (bicyclic) bond motifs is 1. The van der Waals surface area contributed by atoms with Gasteiger partial charge in [-0.05, 0) is 35.4 Å². The molecule has 4 nitrogen and oxygen atoms in total. The normalized spacial score (nSPS) is 13.6. The van der Waals surface area contributed by atoms with E-state index in [2.05, 4.69) is 11.6 Å². The topological polar surface area (TPSA) is 44.9 Å². The molecule has 1 aliphatic rings. The van der Waals surface area contributed by atoms with Gasteiger partial charge in [-0.1, -0.05) is 18.7 Å². The Bertz CT molecular complexity index is 1180. The molecule has 0 spiro atoms. The Morgan fingerprint density at radius 2 is 1.83 bits per heavy atom. The number of nitriles is 1. The van der Waals surface area contributed by atoms with Crippen LogP contribution in [0.5, 0.6) is 0 Å². The minimum absolute atomic E-state index is 0.193. The van der Waals surface area contributed by atoms with Crippen LogP contribution in [0.25, 0.3) is 11.3 Å². The number of hydrogen-bond acceptors (Lipinski definition) is 3. The lowest BCUT2D eigenvalue weighted by Crippen LogP contribution is -2.22. The predicted octanol–water partition coefficient (Wildman–Crippen LogP) is 5.47. The maximum atomic E-state index is 14.7. The average Bonchev–Trinajstić information content (AvgIpc) is 3.24. The van der Waals surface area contributed by atoms with Gasteiger partial charge in [0.2, 0.25) is 0 Å². The predicted molar refractivity (Wildman–Crippen MR) is 104 cm³/mol. The summed E-state index contributed by atoms with van der Waals surface area (Å²) in [7, 11) is 0. The molecular weight excluding hydrogens is 396 g/mol. The monoisotopic (exact) mass is 410 g/mol. The summed E-state index contributed by atoms with van der Waals surface area (Å²) in [6, 6.07) is 9.72. The van der Waals surface area contributed by atoms with Crippen LogP contribution >= 0.6 is 0 Å². The Hall–Kier alpha value is -3.86. The van der Waals surface area contributed by atoms with Crippen LogP contribution < -0.4 is 4.90 Å². The first-order valence-corrected chi connectivity index (χ1v) is 8.84. The number of benzene rings is 2. The van der Waals surface area contributed by atoms with Crippen molar-refractivity contribution in [3.05, 3.63) is 96.0 Å². The van der Waals surface area contributed by atoms with E-state index in [1.54, 1.807) is 23.4 Å². The maximum absolute atomic E-state index is 14.7. The highest BCUT2D eigenvalue weighted by Crippen LogP contribution is 2.39. The number of imidazole rings is 1. The van der Waals surface area contributed by atoms with Crippen LogP contribution in [0.4, 0.5) is 23.2 Å². The van der Waals surface area contributed by atoms with Gasteiger partial charge in [-0.3, -0.25) is 0 Å². The highest BCUT2D eigenvalue weighted by Gasteiger charge is 2.30. The van der Waals surface area contributed by atoms with Crippen molar-refractivity contribution in [1.29, 1.82) is 5.26 Å². The zero-order valence-corrected chi connectivity index (χ0v) is 15.5. The fourth-order valence-corrected chi connectivity index (χ4v) is 3.30. The standard InChI is InChI=1S/C22H14F4N4/c1-14-16(10-27)12-30(11-15-2-4-17(5-3-15)22(24,25)26)20-9-21(19(23)8-18(14)20)29-7-6-28-13-29/h2-9,12-13H,1,11H2. The number of allylic oxidation sites excluding steroid dienone is 2. The molecule has 0 atom stereocenters. The van der Waals surface area contributed by atoms with Crippen molar-refractivity contribution in [2.24, 2.45) is 0 Å². The van der Waals surface area contributed by atoms with Gasteiger partial charge in [0.05, 0.1) is 28.8 Å². The van der Waals surface area contributed by atoms with Crippen molar-refractivity contribution in [2.45, 2.75) is 12.7 Å². The Labute approximate surface area is 169 Å². The molecule has 3 aromatic rings. The lowest BCUT2D eigenvalue weighted by atomic mass is 9.94. The fraction of sp³-hybridized carbons (Fsp3) is 0.0909. The zero-order valence-electron chi connectivity index (χ0n) is 15.5. The van der Waals surface area contributed by atoms with Gasteiger partial charge in [0.1, 0.15) is 11.9 Å². The van der Waals surface area contributed by atoms with Crippen molar-refractivity contribution in [3.8, 4) is 11.8 Å². The molecule has 0 aliphatic carbocycles. The fourth-order valence-electron chi connectivity index (χ4n) is 3.30. The molecule has 0 saturated carbocycles. The molecule has 0 bridgehead atoms. The largest absolute Gasteiger partial charge is 0.416 e. The molecule has 4 rings (SSSR count). The molecule has 0 fully saturated rings. The van der Waals surface area contributed by atoms with E-state index in [1.165, 1.54) is 35.3 Å². The molecule has 1 aliphatic heterocycles. The number of rotatable bonds is 3. The van der Waals surface area contributed by atoms with Crippen LogP contribution in [0, 0.1) is 17.1 Å². The second-order valence-electron chi connectivity index (χ2n) is 6.75. The first-order valence-electron chi connectivity index (χ1n) is 8.84. The summed E-state index contributed by atoms with van der Waals surface area (Å²) < 4.78 is 54.7. The van der Waals surface area contributed by atoms with Gasteiger partial charge in [-0.25, -0.2) is 9.37 Å². The number of hydrogen-bond donors (Lipinski definition) is 0. The molecule has 0 unspecified atom stereocenters. The molecule has 30 heavy (non-hydrogen) atoms. The van der Waals surface area contributed by atoms with Crippen molar-refractivity contribution in [2.75, 3.05) is 4.90 Å². The van der Waals surface area contributed by atoms with Crippen molar-refractivity contribution in [1.82, 2.24) is 9.55 Å². The minimum atomic E-state index is -4.42. The van der Waals surface area contributed by atoms with Crippen LogP contribution in [0.3, 0.4) is 0 Å². The molecule has 2 aromatic carbocycles. The molecule has 1 aromatic heterocycles. The molecule has 150 valence electrons. The second kappa shape index (κ2) is 7.19. The summed E-state index contributed by atoms with van der Waals surface area (Å²) in [5.74, 6) is -0.512. The van der Waals surface area contributed by atoms with E-state index in [-0.39, 0.29) is 17.8 Å². The third-order valence-corrected chi connectivity index (χ3v) is 4.85. The second-order valence-corrected chi connectivity index (χ2v) is 6.75. The molecule has 0 radical (unpaired) electrons. The van der Waals surface area contributed by atoms with Gasteiger partial charge in [0, 0.05) is 30.7 Å². The first-order chi connectivity index (χ1) is 14.3. The van der Waals surface area contributed by atoms with Crippen molar-refractivity contribution < 1.29 is 17.6 Å². The zero-order chi connectivity index (χ0) is 21.5. The van der Waals surface area contributed by atoms with E-state index in [1.807, 2.05) is 6.07 Å². The van der Waals surface area contributed by atoms with Crippen LogP contribution in [0.15, 0.2) is 73.5 Å². The Balaban J connectivity index is 1.76. The number of anilines is 1. The number of nitrogens with zero attached hydrogens (tertiary/aromatic N) is 4. The smallest absolute Gasteiger partial charge is 0.342 e. The van der Waals surface area contributed by atoms with Crippen LogP contribution in [-0.2, 0) is 12.7 Å². The minimum Gasteiger partial charge on any atom is -0.342 e. The van der Waals surface area contributed by atoms with E-state index in [0.29, 0.717) is 22.4 Å². The highest BCUT2D eigenvalue weighted by atomic mass is 19.4. The lowest BCUT2D eigenvalue weighted by Gasteiger charge is -2.30. The molecule has 2 heterocycles. The van der Waals surface area contributed by atoms with Gasteiger partial charge in [-0.2, -0.15) is 18.4 Å². The van der Waals surface area contributed by atoms with Gasteiger partial charge in [0.15, 0.2) is 0 Å². The summed E-state index contributed by atoms with van der Waals surface area (Å²) in [5.41, 5.74) is 1.79. The highest BCUT2D eigenvalue weighted by molar-refractivity contribution is 5.92. The molecular formula is C22H14F4N4. The molecule has 0 saturated heterocycles. The summed E-state index contributed by atoms with van der Waals surface area (Å²) in [4.78, 5) is 5.62. The van der Waals surface area contributed by atoms with E-state index in [0.717, 1.165) is 12.1 Å². The number of alkyl halides is 3. The van der Waals surface area contributed by atoms with Crippen molar-refractivity contribution in [3.63, 3.8) is 0 Å². The Morgan fingerprint density at radius 3 is 2.43 bits per heavy atom. The van der Waals surface area contributed by atoms with Gasteiger partial charge < -0.3 is 9.47 Å². The molecule has 0 N–H and O–H groups in total. The first kappa shape index (κ1) is 19.5. The maximum Gasteiger partial charge on any atom is 0.416 e. The number of aromatic nitrogens is 2. The summed E-state index contributed by atoms with van der Waals surface area (Å²) in [5, 5.41) is 9.43. The lowest BCUT2D eigenvalue weighted by molar-refractivity contribution is -0.137. The van der Waals surface area contributed by atoms with Gasteiger partial charge in [-0.15, -0.1) is 0 Å². The van der Waals surface area contributed by atoms with E-state index in [9.17, 15) is 22.8 Å². The summed E-state index contributed by atoms with van der Waals surface area (Å²) in [6.45, 7) is 4.09. The van der Waals surface area contributed by atoms with Crippen LogP contribution in [0.2, 0.25) is 0 Å². The average molecular weight is 410 g/mol. The third-order valence-electron chi connectivity index (χ3n) is 4.85. The van der Waals surface area contributed by atoms with Gasteiger partial charge >= 0.3 is 6.18 Å².